The van der Waals surface area contributed by atoms with Gasteiger partial charge in [0.25, 0.3) is 0 Å². The third kappa shape index (κ3) is 0.661. The predicted octanol–water partition coefficient (Wildman–Crippen LogP) is 1.29. The molecule has 1 rings (SSSR count). The molecule has 0 bridgehead atoms. The summed E-state index contributed by atoms with van der Waals surface area (Å²) in [4.78, 5) is 0. The summed E-state index contributed by atoms with van der Waals surface area (Å²) in [5, 5.41) is 13.5. The number of hydrogen-bond donors (Lipinski definition) is 1. The Bertz CT molecular complexity index is 149. The maximum absolute atomic E-state index is 10.7. The van der Waals surface area contributed by atoms with Gasteiger partial charge in [0, 0.05) is 5.22 Å². The van der Waals surface area contributed by atoms with E-state index >= 15 is 0 Å². The van der Waals surface area contributed by atoms with Crippen molar-refractivity contribution in [1.82, 2.24) is 0 Å². The lowest BCUT2D eigenvalue weighted by atomic mass is 10.6. The zero-order valence-corrected chi connectivity index (χ0v) is 4.11. The lowest BCUT2D eigenvalue weighted by molar-refractivity contribution is -0.786. The van der Waals surface area contributed by atoms with Crippen molar-refractivity contribution in [2.24, 2.45) is 5.22 Å². The van der Waals surface area contributed by atoms with Crippen molar-refractivity contribution in [3.05, 3.63) is 29.8 Å². The highest BCUT2D eigenvalue weighted by atomic mass is 16.6. The van der Waals surface area contributed by atoms with Crippen molar-refractivity contribution in [1.29, 1.82) is 5.53 Å². The Hall–Kier alpha value is -1.00. The van der Waals surface area contributed by atoms with Crippen LogP contribution in [-0.4, -0.2) is 4.76 Å². The van der Waals surface area contributed by atoms with E-state index in [0.29, 0.717) is 0 Å². The molecule has 1 aliphatic heterocycles. The van der Waals surface area contributed by atoms with Crippen LogP contribution in [0.15, 0.2) is 29.8 Å². The average molecular weight is 111 g/mol. The molecule has 42 valence electrons. The molecule has 0 saturated carbocycles. The van der Waals surface area contributed by atoms with Crippen molar-refractivity contribution in [2.75, 3.05) is 0 Å². The van der Waals surface area contributed by atoms with Gasteiger partial charge in [0.05, 0.1) is 0 Å². The van der Waals surface area contributed by atoms with Crippen molar-refractivity contribution in [3.8, 4) is 0 Å². The maximum atomic E-state index is 10.7. The number of hydroxylamine groups is 2. The Morgan fingerprint density at radius 3 is 2.12 bits per heavy atom. The minimum Gasteiger partial charge on any atom is -0.594 e. The number of nitrogens with zero attached hydrogens (tertiary/aromatic N) is 2. The standard InChI is InChI=1S/C4H5N3O/c5-6-7(8)3-1-2-4-7/h1-5H. The molecule has 4 nitrogen and oxygen atoms in total. The SMILES string of the molecule is N=N[N+]1([O-])C=CC=C1. The molecule has 0 aromatic heterocycles. The molecule has 0 fully saturated rings. The monoisotopic (exact) mass is 111 g/mol. The van der Waals surface area contributed by atoms with Gasteiger partial charge in [0.1, 0.15) is 12.4 Å². The number of hydrogen-bond acceptors (Lipinski definition) is 3. The summed E-state index contributed by atoms with van der Waals surface area (Å²) in [6.07, 6.45) is 5.66. The normalized spacial score (nSPS) is 21.6. The Morgan fingerprint density at radius 2 is 1.88 bits per heavy atom. The van der Waals surface area contributed by atoms with E-state index in [9.17, 15) is 5.21 Å². The minimum atomic E-state index is -1.000. The smallest absolute Gasteiger partial charge is 0.129 e. The first-order valence-corrected chi connectivity index (χ1v) is 2.12. The molecule has 1 aliphatic rings. The Kier molecular flexibility index (Phi) is 0.964. The predicted molar refractivity (Wildman–Crippen MR) is 27.1 cm³/mol. The first-order valence-electron chi connectivity index (χ1n) is 2.12. The van der Waals surface area contributed by atoms with Crippen LogP contribution in [0.3, 0.4) is 0 Å². The van der Waals surface area contributed by atoms with Crippen LogP contribution < -0.4 is 0 Å². The number of quaternary nitrogens is 1. The van der Waals surface area contributed by atoms with Gasteiger partial charge in [0.2, 0.25) is 0 Å². The summed E-state index contributed by atoms with van der Waals surface area (Å²) in [5.41, 5.74) is 6.38. The molecular weight excluding hydrogens is 106 g/mol. The Balaban J connectivity index is 2.83. The third-order valence-electron chi connectivity index (χ3n) is 0.867. The number of rotatable bonds is 1. The van der Waals surface area contributed by atoms with Gasteiger partial charge in [-0.2, -0.15) is 10.3 Å². The highest BCUT2D eigenvalue weighted by Gasteiger charge is 2.09. The summed E-state index contributed by atoms with van der Waals surface area (Å²) in [6.45, 7) is 0. The van der Waals surface area contributed by atoms with E-state index in [4.69, 9.17) is 5.53 Å². The Labute approximate surface area is 46.4 Å². The first-order chi connectivity index (χ1) is 3.77. The lowest BCUT2D eigenvalue weighted by Crippen LogP contribution is -2.18. The van der Waals surface area contributed by atoms with E-state index in [1.165, 1.54) is 12.4 Å². The van der Waals surface area contributed by atoms with Crippen LogP contribution in [0.5, 0.6) is 0 Å². The molecule has 0 unspecified atom stereocenters. The summed E-state index contributed by atoms with van der Waals surface area (Å²) >= 11 is 0. The van der Waals surface area contributed by atoms with Crippen molar-refractivity contribution in [2.45, 2.75) is 0 Å². The van der Waals surface area contributed by atoms with Gasteiger partial charge >= 0.3 is 0 Å². The molecule has 0 saturated heterocycles. The zero-order valence-electron chi connectivity index (χ0n) is 4.11. The molecule has 4 heteroatoms. The Morgan fingerprint density at radius 1 is 1.38 bits per heavy atom. The van der Waals surface area contributed by atoms with Gasteiger partial charge < -0.3 is 5.21 Å². The molecule has 8 heavy (non-hydrogen) atoms. The fourth-order valence-corrected chi connectivity index (χ4v) is 0.462. The second-order valence-corrected chi connectivity index (χ2v) is 1.46. The second kappa shape index (κ2) is 1.50. The molecule has 0 aromatic carbocycles. The summed E-state index contributed by atoms with van der Waals surface area (Å²) < 4.78 is -1.000. The van der Waals surface area contributed by atoms with E-state index in [0.717, 1.165) is 0 Å². The summed E-state index contributed by atoms with van der Waals surface area (Å²) in [6, 6.07) is 0. The first kappa shape index (κ1) is 5.14. The van der Waals surface area contributed by atoms with E-state index in [1.54, 1.807) is 12.2 Å². The number of allylic oxidation sites excluding steroid dienone is 2. The van der Waals surface area contributed by atoms with Crippen LogP contribution >= 0.6 is 0 Å². The van der Waals surface area contributed by atoms with Crippen LogP contribution in [0.2, 0.25) is 0 Å². The van der Waals surface area contributed by atoms with E-state index < -0.39 is 4.76 Å². The van der Waals surface area contributed by atoms with Gasteiger partial charge in [-0.25, -0.2) is 0 Å². The van der Waals surface area contributed by atoms with Gasteiger partial charge in [-0.1, -0.05) is 0 Å². The van der Waals surface area contributed by atoms with Gasteiger partial charge in [0.15, 0.2) is 0 Å². The molecule has 0 radical (unpaired) electrons. The molecular formula is C4H5N3O. The molecule has 1 heterocycles. The minimum absolute atomic E-state index is 1.000. The van der Waals surface area contributed by atoms with Crippen LogP contribution in [0, 0.1) is 10.7 Å². The largest absolute Gasteiger partial charge is 0.594 e. The average Bonchev–Trinajstić information content (AvgIpc) is 2.17. The van der Waals surface area contributed by atoms with Crippen LogP contribution in [0.1, 0.15) is 0 Å². The quantitative estimate of drug-likeness (QED) is 0.309. The molecule has 0 spiro atoms. The van der Waals surface area contributed by atoms with E-state index in [-0.39, 0.29) is 0 Å². The zero-order chi connectivity index (χ0) is 6.04. The molecule has 0 amide bonds. The lowest BCUT2D eigenvalue weighted by Gasteiger charge is -2.20. The van der Waals surface area contributed by atoms with Gasteiger partial charge in [-0.05, 0) is 12.2 Å². The molecule has 0 aromatic rings. The maximum Gasteiger partial charge on any atom is 0.129 e. The number of nitrogens with one attached hydrogen (secondary N) is 1. The third-order valence-corrected chi connectivity index (χ3v) is 0.867. The molecule has 1 N–H and O–H groups in total. The van der Waals surface area contributed by atoms with E-state index in [2.05, 4.69) is 5.22 Å². The molecule has 0 aliphatic carbocycles. The fourth-order valence-electron chi connectivity index (χ4n) is 0.462. The van der Waals surface area contributed by atoms with Crippen molar-refractivity contribution >= 4 is 0 Å². The van der Waals surface area contributed by atoms with Crippen LogP contribution in [0.25, 0.3) is 0 Å². The van der Waals surface area contributed by atoms with Gasteiger partial charge in [-0.15, -0.1) is 0 Å². The highest BCUT2D eigenvalue weighted by Crippen LogP contribution is 2.12. The molecule has 0 atom stereocenters. The topological polar surface area (TPSA) is 59.3 Å². The van der Waals surface area contributed by atoms with Gasteiger partial charge in [-0.3, -0.25) is 0 Å². The van der Waals surface area contributed by atoms with Crippen molar-refractivity contribution in [3.63, 3.8) is 0 Å². The fraction of sp³-hybridized carbons (Fsp3) is 0. The summed E-state index contributed by atoms with van der Waals surface area (Å²) in [7, 11) is 0. The summed E-state index contributed by atoms with van der Waals surface area (Å²) in [5.74, 6) is 0. The van der Waals surface area contributed by atoms with Crippen LogP contribution in [-0.2, 0) is 0 Å². The highest BCUT2D eigenvalue weighted by molar-refractivity contribution is 5.03. The van der Waals surface area contributed by atoms with Crippen LogP contribution in [0.4, 0.5) is 0 Å². The van der Waals surface area contributed by atoms with E-state index in [1.807, 2.05) is 0 Å². The van der Waals surface area contributed by atoms with Crippen molar-refractivity contribution < 1.29 is 4.76 Å². The second-order valence-electron chi connectivity index (χ2n) is 1.46.